The maximum absolute atomic E-state index is 6.01. The van der Waals surface area contributed by atoms with E-state index in [9.17, 15) is 0 Å². The van der Waals surface area contributed by atoms with Crippen molar-refractivity contribution in [1.82, 2.24) is 0 Å². The fraction of sp³-hybridized carbons (Fsp3) is 0.867. The summed E-state index contributed by atoms with van der Waals surface area (Å²) in [5.74, 6) is 0. The molecule has 2 nitrogen and oxygen atoms in total. The average molecular weight is 252 g/mol. The fourth-order valence-electron chi connectivity index (χ4n) is 2.03. The molecule has 0 spiro atoms. The number of hydrogen-bond donors (Lipinski definition) is 0. The first-order valence-electron chi connectivity index (χ1n) is 7.32. The molecule has 18 heavy (non-hydrogen) atoms. The minimum Gasteiger partial charge on any atom is -0.400 e. The quantitative estimate of drug-likeness (QED) is 0.510. The molecule has 3 heteroatoms. The van der Waals surface area contributed by atoms with Gasteiger partial charge in [-0.15, -0.1) is 0 Å². The van der Waals surface area contributed by atoms with Crippen LogP contribution in [0.3, 0.4) is 0 Å². The average Bonchev–Trinajstić information content (AvgIpc) is 2.48. The molecule has 104 valence electrons. The van der Waals surface area contributed by atoms with E-state index in [0.29, 0.717) is 0 Å². The predicted octanol–water partition coefficient (Wildman–Crippen LogP) is 4.53. The minimum atomic E-state index is -0.227. The maximum Gasteiger partial charge on any atom is 0.489 e. The van der Waals surface area contributed by atoms with Gasteiger partial charge in [-0.05, 0) is 52.9 Å². The van der Waals surface area contributed by atoms with Gasteiger partial charge in [0.1, 0.15) is 0 Å². The van der Waals surface area contributed by atoms with Crippen LogP contribution in [0, 0.1) is 0 Å². The number of allylic oxidation sites excluding steroid dienone is 2. The van der Waals surface area contributed by atoms with Crippen molar-refractivity contribution in [2.24, 2.45) is 0 Å². The van der Waals surface area contributed by atoms with Gasteiger partial charge in [0.2, 0.25) is 0 Å². The van der Waals surface area contributed by atoms with Crippen LogP contribution < -0.4 is 0 Å². The van der Waals surface area contributed by atoms with E-state index in [2.05, 4.69) is 47.6 Å². The Morgan fingerprint density at radius 2 is 1.56 bits per heavy atom. The van der Waals surface area contributed by atoms with E-state index in [1.165, 1.54) is 31.2 Å². The van der Waals surface area contributed by atoms with Gasteiger partial charge in [-0.3, -0.25) is 0 Å². The van der Waals surface area contributed by atoms with Crippen LogP contribution in [0.2, 0.25) is 0 Å². The molecule has 1 saturated heterocycles. The van der Waals surface area contributed by atoms with Crippen LogP contribution in [0.15, 0.2) is 11.5 Å². The van der Waals surface area contributed by atoms with Crippen molar-refractivity contribution in [2.75, 3.05) is 0 Å². The first-order chi connectivity index (χ1) is 8.30. The molecule has 0 saturated carbocycles. The zero-order valence-electron chi connectivity index (χ0n) is 13.0. The first-order valence-corrected chi connectivity index (χ1v) is 7.32. The molecule has 1 fully saturated rings. The molecule has 0 aromatic carbocycles. The summed E-state index contributed by atoms with van der Waals surface area (Å²) in [7, 11) is -0.166. The fourth-order valence-corrected chi connectivity index (χ4v) is 2.03. The highest BCUT2D eigenvalue weighted by Gasteiger charge is 2.51. The Morgan fingerprint density at radius 1 is 1.00 bits per heavy atom. The molecular weight excluding hydrogens is 223 g/mol. The van der Waals surface area contributed by atoms with Gasteiger partial charge in [-0.25, -0.2) is 0 Å². The summed E-state index contributed by atoms with van der Waals surface area (Å²) in [6.45, 7) is 12.7. The molecule has 0 aromatic rings. The van der Waals surface area contributed by atoms with Crippen molar-refractivity contribution in [1.29, 1.82) is 0 Å². The van der Waals surface area contributed by atoms with E-state index < -0.39 is 0 Å². The van der Waals surface area contributed by atoms with Crippen molar-refractivity contribution >= 4 is 7.12 Å². The predicted molar refractivity (Wildman–Crippen MR) is 78.6 cm³/mol. The van der Waals surface area contributed by atoms with Crippen LogP contribution in [0.5, 0.6) is 0 Å². The number of rotatable bonds is 6. The van der Waals surface area contributed by atoms with Crippen molar-refractivity contribution in [3.8, 4) is 0 Å². The second-order valence-corrected chi connectivity index (χ2v) is 6.39. The molecule has 1 aliphatic heterocycles. The summed E-state index contributed by atoms with van der Waals surface area (Å²) in [6, 6.07) is 0. The van der Waals surface area contributed by atoms with Crippen molar-refractivity contribution in [3.05, 3.63) is 11.5 Å². The van der Waals surface area contributed by atoms with Gasteiger partial charge in [-0.1, -0.05) is 32.3 Å². The van der Waals surface area contributed by atoms with Crippen molar-refractivity contribution in [2.45, 2.75) is 84.8 Å². The molecule has 1 heterocycles. The summed E-state index contributed by atoms with van der Waals surface area (Å²) in [6.07, 6.45) is 8.63. The second-order valence-electron chi connectivity index (χ2n) is 6.39. The Kier molecular flexibility index (Phi) is 5.48. The molecule has 1 rings (SSSR count). The van der Waals surface area contributed by atoms with Crippen LogP contribution >= 0.6 is 0 Å². The summed E-state index contributed by atoms with van der Waals surface area (Å²) < 4.78 is 12.0. The lowest BCUT2D eigenvalue weighted by Crippen LogP contribution is -2.41. The van der Waals surface area contributed by atoms with Gasteiger partial charge in [0.15, 0.2) is 0 Å². The van der Waals surface area contributed by atoms with E-state index in [-0.39, 0.29) is 18.3 Å². The SMILES string of the molecule is CCCCCC/C=C(/C)B1OC(C)(C)C(C)(C)O1. The summed E-state index contributed by atoms with van der Waals surface area (Å²) in [5.41, 5.74) is 0.759. The summed E-state index contributed by atoms with van der Waals surface area (Å²) >= 11 is 0. The van der Waals surface area contributed by atoms with Crippen LogP contribution in [0.4, 0.5) is 0 Å². The van der Waals surface area contributed by atoms with Gasteiger partial charge in [0.25, 0.3) is 0 Å². The lowest BCUT2D eigenvalue weighted by Gasteiger charge is -2.32. The third kappa shape index (κ3) is 3.86. The molecule has 0 bridgehead atoms. The first kappa shape index (κ1) is 15.8. The van der Waals surface area contributed by atoms with Crippen molar-refractivity contribution in [3.63, 3.8) is 0 Å². The van der Waals surface area contributed by atoms with E-state index in [0.717, 1.165) is 6.42 Å². The zero-order valence-corrected chi connectivity index (χ0v) is 13.0. The van der Waals surface area contributed by atoms with Gasteiger partial charge in [0.05, 0.1) is 11.2 Å². The topological polar surface area (TPSA) is 18.5 Å². The molecule has 1 aliphatic rings. The summed E-state index contributed by atoms with van der Waals surface area (Å²) in [5, 5.41) is 0. The van der Waals surface area contributed by atoms with E-state index in [1.807, 2.05) is 0 Å². The van der Waals surface area contributed by atoms with Gasteiger partial charge in [0, 0.05) is 0 Å². The highest BCUT2D eigenvalue weighted by molar-refractivity contribution is 6.54. The van der Waals surface area contributed by atoms with Crippen molar-refractivity contribution < 1.29 is 9.31 Å². The highest BCUT2D eigenvalue weighted by atomic mass is 16.7. The highest BCUT2D eigenvalue weighted by Crippen LogP contribution is 2.38. The molecule has 0 N–H and O–H groups in total. The monoisotopic (exact) mass is 252 g/mol. The van der Waals surface area contributed by atoms with E-state index >= 15 is 0 Å². The second kappa shape index (κ2) is 6.25. The normalized spacial score (nSPS) is 22.6. The Morgan fingerprint density at radius 3 is 2.06 bits per heavy atom. The van der Waals surface area contributed by atoms with Crippen LogP contribution in [0.25, 0.3) is 0 Å². The van der Waals surface area contributed by atoms with Gasteiger partial charge in [-0.2, -0.15) is 0 Å². The van der Waals surface area contributed by atoms with Crippen LogP contribution in [-0.4, -0.2) is 18.3 Å². The maximum atomic E-state index is 6.01. The van der Waals surface area contributed by atoms with Gasteiger partial charge < -0.3 is 9.31 Å². The van der Waals surface area contributed by atoms with E-state index in [4.69, 9.17) is 9.31 Å². The number of hydrogen-bond acceptors (Lipinski definition) is 2. The third-order valence-electron chi connectivity index (χ3n) is 4.15. The molecule has 0 unspecified atom stereocenters. The largest absolute Gasteiger partial charge is 0.489 e. The molecule has 0 aliphatic carbocycles. The molecule has 0 amide bonds. The Balaban J connectivity index is 2.44. The third-order valence-corrected chi connectivity index (χ3v) is 4.15. The number of unbranched alkanes of at least 4 members (excludes halogenated alkanes) is 4. The zero-order chi connectivity index (χ0) is 13.8. The van der Waals surface area contributed by atoms with Crippen LogP contribution in [-0.2, 0) is 9.31 Å². The molecule has 0 aromatic heterocycles. The molecular formula is C15H29BO2. The Labute approximate surface area is 113 Å². The minimum absolute atomic E-state index is 0.166. The molecule has 0 atom stereocenters. The lowest BCUT2D eigenvalue weighted by molar-refractivity contribution is 0.00578. The van der Waals surface area contributed by atoms with Crippen LogP contribution in [0.1, 0.15) is 73.6 Å². The Bertz CT molecular complexity index is 279. The van der Waals surface area contributed by atoms with Gasteiger partial charge >= 0.3 is 7.12 Å². The smallest absolute Gasteiger partial charge is 0.400 e. The Hall–Kier alpha value is -0.275. The van der Waals surface area contributed by atoms with E-state index in [1.54, 1.807) is 0 Å². The lowest BCUT2D eigenvalue weighted by atomic mass is 9.79. The standard InChI is InChI=1S/C15H29BO2/c1-7-8-9-10-11-12-13(2)16-17-14(3,4)15(5,6)18-16/h12H,7-11H2,1-6H3/b13-12-. The summed E-state index contributed by atoms with van der Waals surface area (Å²) in [4.78, 5) is 0. The molecule has 0 radical (unpaired) electrons.